The molecule has 24 heavy (non-hydrogen) atoms. The Morgan fingerprint density at radius 1 is 1.29 bits per heavy atom. The van der Waals surface area contributed by atoms with Crippen LogP contribution in [0.15, 0.2) is 30.0 Å². The predicted octanol–water partition coefficient (Wildman–Crippen LogP) is 1.99. The summed E-state index contributed by atoms with van der Waals surface area (Å²) in [5, 5.41) is 11.9. The van der Waals surface area contributed by atoms with E-state index in [0.29, 0.717) is 31.9 Å². The van der Waals surface area contributed by atoms with Crippen molar-refractivity contribution in [2.45, 2.75) is 6.92 Å². The van der Waals surface area contributed by atoms with Crippen molar-refractivity contribution in [3.63, 3.8) is 0 Å². The van der Waals surface area contributed by atoms with Gasteiger partial charge in [0.25, 0.3) is 5.91 Å². The molecule has 2 rings (SSSR count). The first-order valence-corrected chi connectivity index (χ1v) is 7.67. The highest BCUT2D eigenvalue weighted by Crippen LogP contribution is 2.19. The lowest BCUT2D eigenvalue weighted by molar-refractivity contribution is -0.136. The molecule has 2 amide bonds. The summed E-state index contributed by atoms with van der Waals surface area (Å²) in [5.74, 6) is -1.000. The van der Waals surface area contributed by atoms with Crippen LogP contribution in [0.2, 0.25) is 5.02 Å². The topological polar surface area (TPSA) is 76.4 Å². The van der Waals surface area contributed by atoms with Crippen molar-refractivity contribution in [3.8, 4) is 6.07 Å². The van der Waals surface area contributed by atoms with Gasteiger partial charge in [-0.3, -0.25) is 9.59 Å². The van der Waals surface area contributed by atoms with E-state index in [4.69, 9.17) is 11.6 Å². The van der Waals surface area contributed by atoms with Crippen molar-refractivity contribution < 1.29 is 14.0 Å². The number of nitrogens with zero attached hydrogens (tertiary/aromatic N) is 3. The smallest absolute Gasteiger partial charge is 0.266 e. The van der Waals surface area contributed by atoms with E-state index >= 15 is 0 Å². The maximum absolute atomic E-state index is 13.1. The lowest BCUT2D eigenvalue weighted by atomic mass is 10.2. The maximum atomic E-state index is 13.1. The molecule has 0 aromatic heterocycles. The van der Waals surface area contributed by atoms with Gasteiger partial charge in [0.1, 0.15) is 17.5 Å². The summed E-state index contributed by atoms with van der Waals surface area (Å²) in [6, 6.07) is 5.84. The van der Waals surface area contributed by atoms with Crippen molar-refractivity contribution in [2.75, 3.05) is 31.5 Å². The Balaban J connectivity index is 2.02. The summed E-state index contributed by atoms with van der Waals surface area (Å²) < 4.78 is 13.1. The monoisotopic (exact) mass is 350 g/mol. The molecular formula is C16H16ClFN4O2. The molecule has 0 spiro atoms. The molecule has 1 aromatic rings. The highest BCUT2D eigenvalue weighted by atomic mass is 35.5. The quantitative estimate of drug-likeness (QED) is 0.668. The lowest BCUT2D eigenvalue weighted by Crippen LogP contribution is -2.50. The molecule has 1 fully saturated rings. The molecule has 1 aromatic carbocycles. The summed E-state index contributed by atoms with van der Waals surface area (Å²) in [5.41, 5.74) is 0.384. The normalized spacial score (nSPS) is 15.0. The van der Waals surface area contributed by atoms with Gasteiger partial charge in [0.15, 0.2) is 0 Å². The number of nitriles is 1. The number of piperazine rings is 1. The van der Waals surface area contributed by atoms with E-state index in [9.17, 15) is 19.2 Å². The van der Waals surface area contributed by atoms with Crippen LogP contribution in [0.25, 0.3) is 0 Å². The number of halogens is 2. The van der Waals surface area contributed by atoms with E-state index < -0.39 is 11.7 Å². The first kappa shape index (κ1) is 17.8. The third-order valence-electron chi connectivity index (χ3n) is 3.67. The molecule has 0 radical (unpaired) electrons. The zero-order valence-corrected chi connectivity index (χ0v) is 13.8. The second-order valence-electron chi connectivity index (χ2n) is 5.24. The number of hydrogen-bond acceptors (Lipinski definition) is 4. The minimum absolute atomic E-state index is 0.0343. The standard InChI is InChI=1S/C16H16ClFN4O2/c1-11(23)21-4-6-22(7-5-21)16(24)12(9-19)10-20-13-2-3-15(18)14(17)8-13/h2-3,8,10,20H,4-7H2,1H3/b12-10-. The number of anilines is 1. The van der Waals surface area contributed by atoms with Gasteiger partial charge in [-0.05, 0) is 18.2 Å². The van der Waals surface area contributed by atoms with E-state index in [-0.39, 0.29) is 16.5 Å². The molecule has 126 valence electrons. The first-order chi connectivity index (χ1) is 11.4. The van der Waals surface area contributed by atoms with Crippen LogP contribution in [0.1, 0.15) is 6.92 Å². The van der Waals surface area contributed by atoms with Gasteiger partial charge in [-0.1, -0.05) is 11.6 Å². The molecule has 1 aliphatic rings. The molecule has 0 aliphatic carbocycles. The molecule has 0 atom stereocenters. The Labute approximate surface area is 144 Å². The number of carbonyl (C=O) groups excluding carboxylic acids is 2. The van der Waals surface area contributed by atoms with Gasteiger partial charge < -0.3 is 15.1 Å². The van der Waals surface area contributed by atoms with Crippen molar-refractivity contribution in [2.24, 2.45) is 0 Å². The molecule has 1 aliphatic heterocycles. The molecule has 1 N–H and O–H groups in total. The average molecular weight is 351 g/mol. The highest BCUT2D eigenvalue weighted by molar-refractivity contribution is 6.31. The maximum Gasteiger partial charge on any atom is 0.266 e. The SMILES string of the molecule is CC(=O)N1CCN(C(=O)/C(C#N)=C\Nc2ccc(F)c(Cl)c2)CC1. The second kappa shape index (κ2) is 7.79. The number of nitrogens with one attached hydrogen (secondary N) is 1. The van der Waals surface area contributed by atoms with E-state index in [2.05, 4.69) is 5.32 Å². The zero-order valence-electron chi connectivity index (χ0n) is 13.1. The van der Waals surface area contributed by atoms with Gasteiger partial charge in [-0.25, -0.2) is 4.39 Å². The molecule has 8 heteroatoms. The summed E-state index contributed by atoms with van der Waals surface area (Å²) in [6.45, 7) is 3.12. The Kier molecular flexibility index (Phi) is 5.77. The summed E-state index contributed by atoms with van der Waals surface area (Å²) >= 11 is 5.68. The van der Waals surface area contributed by atoms with Crippen molar-refractivity contribution >= 4 is 29.1 Å². The van der Waals surface area contributed by atoms with Crippen molar-refractivity contribution in [3.05, 3.63) is 40.8 Å². The Hall–Kier alpha value is -2.59. The summed E-state index contributed by atoms with van der Waals surface area (Å²) in [7, 11) is 0. The predicted molar refractivity (Wildman–Crippen MR) is 87.6 cm³/mol. The van der Waals surface area contributed by atoms with Crippen LogP contribution in [-0.4, -0.2) is 47.8 Å². The van der Waals surface area contributed by atoms with E-state index in [1.54, 1.807) is 4.90 Å². The van der Waals surface area contributed by atoms with Crippen LogP contribution in [0, 0.1) is 17.1 Å². The fourth-order valence-corrected chi connectivity index (χ4v) is 2.46. The van der Waals surface area contributed by atoms with Crippen LogP contribution in [0.3, 0.4) is 0 Å². The third kappa shape index (κ3) is 4.24. The Bertz CT molecular complexity index is 721. The van der Waals surface area contributed by atoms with Gasteiger partial charge in [-0.15, -0.1) is 0 Å². The molecule has 1 saturated heterocycles. The van der Waals surface area contributed by atoms with Gasteiger partial charge >= 0.3 is 0 Å². The van der Waals surface area contributed by atoms with Crippen LogP contribution >= 0.6 is 11.6 Å². The summed E-state index contributed by atoms with van der Waals surface area (Å²) in [6.07, 6.45) is 1.27. The van der Waals surface area contributed by atoms with E-state index in [0.717, 1.165) is 0 Å². The molecule has 0 saturated carbocycles. The van der Waals surface area contributed by atoms with Crippen LogP contribution < -0.4 is 5.32 Å². The van der Waals surface area contributed by atoms with Crippen LogP contribution in [0.5, 0.6) is 0 Å². The summed E-state index contributed by atoms with van der Waals surface area (Å²) in [4.78, 5) is 26.8. The number of hydrogen-bond donors (Lipinski definition) is 1. The van der Waals surface area contributed by atoms with Gasteiger partial charge in [0.05, 0.1) is 5.02 Å². The molecule has 6 nitrogen and oxygen atoms in total. The molecular weight excluding hydrogens is 335 g/mol. The van der Waals surface area contributed by atoms with Crippen LogP contribution in [-0.2, 0) is 9.59 Å². The molecule has 1 heterocycles. The van der Waals surface area contributed by atoms with E-state index in [1.165, 1.54) is 36.2 Å². The van der Waals surface area contributed by atoms with Gasteiger partial charge in [-0.2, -0.15) is 5.26 Å². The van der Waals surface area contributed by atoms with Crippen LogP contribution in [0.4, 0.5) is 10.1 Å². The lowest BCUT2D eigenvalue weighted by Gasteiger charge is -2.34. The number of carbonyl (C=O) groups is 2. The minimum atomic E-state index is -0.550. The Morgan fingerprint density at radius 3 is 2.46 bits per heavy atom. The molecule has 0 unspecified atom stereocenters. The third-order valence-corrected chi connectivity index (χ3v) is 3.96. The largest absolute Gasteiger partial charge is 0.360 e. The zero-order chi connectivity index (χ0) is 17.7. The van der Waals surface area contributed by atoms with Gasteiger partial charge in [0.2, 0.25) is 5.91 Å². The fraction of sp³-hybridized carbons (Fsp3) is 0.312. The second-order valence-corrected chi connectivity index (χ2v) is 5.65. The first-order valence-electron chi connectivity index (χ1n) is 7.29. The Morgan fingerprint density at radius 2 is 1.92 bits per heavy atom. The van der Waals surface area contributed by atoms with Gasteiger partial charge in [0, 0.05) is 45.0 Å². The molecule has 0 bridgehead atoms. The van der Waals surface area contributed by atoms with Crippen molar-refractivity contribution in [1.82, 2.24) is 9.80 Å². The fourth-order valence-electron chi connectivity index (χ4n) is 2.28. The number of benzene rings is 1. The minimum Gasteiger partial charge on any atom is -0.360 e. The van der Waals surface area contributed by atoms with Crippen molar-refractivity contribution in [1.29, 1.82) is 5.26 Å². The number of amides is 2. The average Bonchev–Trinajstić information content (AvgIpc) is 2.58. The number of rotatable bonds is 3. The van der Waals surface area contributed by atoms with E-state index in [1.807, 2.05) is 6.07 Å². The highest BCUT2D eigenvalue weighted by Gasteiger charge is 2.24.